The molecule has 1 aliphatic heterocycles. The van der Waals surface area contributed by atoms with Crippen LogP contribution < -0.4 is 5.32 Å². The number of hydrogen-bond donors (Lipinski definition) is 1. The van der Waals surface area contributed by atoms with Crippen molar-refractivity contribution in [3.8, 4) is 0 Å². The zero-order chi connectivity index (χ0) is 22.4. The van der Waals surface area contributed by atoms with Gasteiger partial charge in [0.05, 0.1) is 11.1 Å². The van der Waals surface area contributed by atoms with Crippen LogP contribution >= 0.6 is 0 Å². The predicted octanol–water partition coefficient (Wildman–Crippen LogP) is 2.27. The van der Waals surface area contributed by atoms with Gasteiger partial charge >= 0.3 is 0 Å². The molecule has 0 bridgehead atoms. The fourth-order valence-electron chi connectivity index (χ4n) is 3.75. The fourth-order valence-corrected chi connectivity index (χ4v) is 3.75. The molecule has 0 radical (unpaired) electrons. The zero-order valence-corrected chi connectivity index (χ0v) is 17.8. The molecule has 0 aromatic heterocycles. The van der Waals surface area contributed by atoms with Crippen LogP contribution in [0, 0.1) is 0 Å². The van der Waals surface area contributed by atoms with E-state index in [2.05, 4.69) is 5.32 Å². The first-order valence-electron chi connectivity index (χ1n) is 10.4. The second kappa shape index (κ2) is 10.0. The summed E-state index contributed by atoms with van der Waals surface area (Å²) >= 11 is 0. The number of fused-ring (bicyclic) bond motifs is 1. The molecule has 1 N–H and O–H groups in total. The van der Waals surface area contributed by atoms with Crippen molar-refractivity contribution >= 4 is 23.6 Å². The lowest BCUT2D eigenvalue weighted by Crippen LogP contribution is -2.48. The van der Waals surface area contributed by atoms with Crippen LogP contribution in [-0.4, -0.2) is 59.6 Å². The Balaban J connectivity index is 1.60. The summed E-state index contributed by atoms with van der Waals surface area (Å²) in [5, 5.41) is 2.59. The highest BCUT2D eigenvalue weighted by atomic mass is 16.2. The van der Waals surface area contributed by atoms with Gasteiger partial charge in [0.25, 0.3) is 11.8 Å². The van der Waals surface area contributed by atoms with Gasteiger partial charge < -0.3 is 10.2 Å². The number of likely N-dealkylation sites (N-methyl/N-ethyl adjacent to an activating group) is 1. The van der Waals surface area contributed by atoms with E-state index >= 15 is 0 Å². The number of benzene rings is 2. The molecule has 0 saturated heterocycles. The quantitative estimate of drug-likeness (QED) is 0.630. The van der Waals surface area contributed by atoms with Gasteiger partial charge in [-0.05, 0) is 37.5 Å². The first-order chi connectivity index (χ1) is 14.9. The molecule has 31 heavy (non-hydrogen) atoms. The number of carbonyl (C=O) groups is 4. The Bertz CT molecular complexity index is 939. The van der Waals surface area contributed by atoms with Gasteiger partial charge in [-0.15, -0.1) is 0 Å². The molecule has 7 nitrogen and oxygen atoms in total. The minimum absolute atomic E-state index is 0.142. The van der Waals surface area contributed by atoms with Gasteiger partial charge in [-0.2, -0.15) is 0 Å². The number of amides is 4. The standard InChI is InChI=1S/C24H27N3O4/c1-17(22(29)25-2)26(16-14-18-9-4-3-5-10-18)21(28)13-8-15-27-23(30)19-11-6-7-12-20(19)24(27)31/h3-7,9-12,17H,8,13-16H2,1-2H3,(H,25,29). The highest BCUT2D eigenvalue weighted by Gasteiger charge is 2.35. The maximum atomic E-state index is 12.9. The van der Waals surface area contributed by atoms with E-state index in [1.54, 1.807) is 43.1 Å². The Kier molecular flexibility index (Phi) is 7.18. The molecule has 0 aliphatic carbocycles. The summed E-state index contributed by atoms with van der Waals surface area (Å²) in [5.41, 5.74) is 1.88. The fraction of sp³-hybridized carbons (Fsp3) is 0.333. The third-order valence-corrected chi connectivity index (χ3v) is 5.55. The van der Waals surface area contributed by atoms with Crippen molar-refractivity contribution in [3.05, 3.63) is 71.3 Å². The van der Waals surface area contributed by atoms with Gasteiger partial charge in [-0.25, -0.2) is 0 Å². The SMILES string of the molecule is CNC(=O)C(C)N(CCc1ccccc1)C(=O)CCCN1C(=O)c2ccccc2C1=O. The van der Waals surface area contributed by atoms with Crippen molar-refractivity contribution in [2.24, 2.45) is 0 Å². The first-order valence-corrected chi connectivity index (χ1v) is 10.4. The normalized spacial score (nSPS) is 13.7. The van der Waals surface area contributed by atoms with Crippen molar-refractivity contribution in [1.82, 2.24) is 15.1 Å². The minimum Gasteiger partial charge on any atom is -0.357 e. The summed E-state index contributed by atoms with van der Waals surface area (Å²) in [6.07, 6.45) is 1.11. The summed E-state index contributed by atoms with van der Waals surface area (Å²) in [6.45, 7) is 2.27. The number of carbonyl (C=O) groups excluding carboxylic acids is 4. The number of rotatable bonds is 9. The van der Waals surface area contributed by atoms with E-state index in [0.717, 1.165) is 5.56 Å². The van der Waals surface area contributed by atoms with E-state index in [4.69, 9.17) is 0 Å². The number of nitrogens with one attached hydrogen (secondary N) is 1. The molecule has 1 unspecified atom stereocenters. The topological polar surface area (TPSA) is 86.8 Å². The summed E-state index contributed by atoms with van der Waals surface area (Å²) in [5.74, 6) is -1.06. The van der Waals surface area contributed by atoms with Crippen molar-refractivity contribution in [1.29, 1.82) is 0 Å². The Morgan fingerprint density at radius 1 is 0.968 bits per heavy atom. The Morgan fingerprint density at radius 2 is 1.55 bits per heavy atom. The van der Waals surface area contributed by atoms with E-state index in [1.807, 2.05) is 30.3 Å². The van der Waals surface area contributed by atoms with E-state index in [-0.39, 0.29) is 36.6 Å². The van der Waals surface area contributed by atoms with E-state index in [1.165, 1.54) is 4.90 Å². The van der Waals surface area contributed by atoms with E-state index in [9.17, 15) is 19.2 Å². The molecule has 162 valence electrons. The Morgan fingerprint density at radius 3 is 2.13 bits per heavy atom. The van der Waals surface area contributed by atoms with Crippen LogP contribution in [0.3, 0.4) is 0 Å². The molecule has 0 fully saturated rings. The van der Waals surface area contributed by atoms with Crippen molar-refractivity contribution < 1.29 is 19.2 Å². The Hall–Kier alpha value is -3.48. The number of nitrogens with zero attached hydrogens (tertiary/aromatic N) is 2. The lowest BCUT2D eigenvalue weighted by molar-refractivity contribution is -0.139. The summed E-state index contributed by atoms with van der Waals surface area (Å²) < 4.78 is 0. The Labute approximate surface area is 182 Å². The van der Waals surface area contributed by atoms with Gasteiger partial charge in [0.15, 0.2) is 0 Å². The lowest BCUT2D eigenvalue weighted by atomic mass is 10.1. The third-order valence-electron chi connectivity index (χ3n) is 5.55. The molecule has 0 saturated carbocycles. The van der Waals surface area contributed by atoms with Crippen LogP contribution in [0.1, 0.15) is 46.0 Å². The van der Waals surface area contributed by atoms with Crippen LogP contribution in [0.2, 0.25) is 0 Å². The van der Waals surface area contributed by atoms with Gasteiger partial charge in [-0.1, -0.05) is 42.5 Å². The molecule has 2 aromatic carbocycles. The van der Waals surface area contributed by atoms with Crippen LogP contribution in [0.4, 0.5) is 0 Å². The lowest BCUT2D eigenvalue weighted by Gasteiger charge is -2.28. The molecular weight excluding hydrogens is 394 g/mol. The molecule has 7 heteroatoms. The number of hydrogen-bond acceptors (Lipinski definition) is 4. The first kappa shape index (κ1) is 22.2. The number of imide groups is 1. The second-order valence-corrected chi connectivity index (χ2v) is 7.52. The maximum absolute atomic E-state index is 12.9. The van der Waals surface area contributed by atoms with Gasteiger partial charge in [0, 0.05) is 26.6 Å². The van der Waals surface area contributed by atoms with Crippen LogP contribution in [-0.2, 0) is 16.0 Å². The van der Waals surface area contributed by atoms with Crippen LogP contribution in [0.15, 0.2) is 54.6 Å². The van der Waals surface area contributed by atoms with Crippen molar-refractivity contribution in [3.63, 3.8) is 0 Å². The summed E-state index contributed by atoms with van der Waals surface area (Å²) in [7, 11) is 1.54. The average Bonchev–Trinajstić information content (AvgIpc) is 3.04. The van der Waals surface area contributed by atoms with Crippen LogP contribution in [0.5, 0.6) is 0 Å². The average molecular weight is 421 g/mol. The molecule has 1 heterocycles. The highest BCUT2D eigenvalue weighted by molar-refractivity contribution is 6.21. The van der Waals surface area contributed by atoms with E-state index in [0.29, 0.717) is 30.5 Å². The molecular formula is C24H27N3O4. The van der Waals surface area contributed by atoms with E-state index < -0.39 is 6.04 Å². The van der Waals surface area contributed by atoms with Crippen LogP contribution in [0.25, 0.3) is 0 Å². The van der Waals surface area contributed by atoms with Gasteiger partial charge in [0.2, 0.25) is 11.8 Å². The molecule has 0 spiro atoms. The second-order valence-electron chi connectivity index (χ2n) is 7.52. The van der Waals surface area contributed by atoms with Crippen molar-refractivity contribution in [2.45, 2.75) is 32.2 Å². The summed E-state index contributed by atoms with van der Waals surface area (Å²) in [6, 6.07) is 15.9. The molecule has 4 amide bonds. The third kappa shape index (κ3) is 4.99. The highest BCUT2D eigenvalue weighted by Crippen LogP contribution is 2.22. The predicted molar refractivity (Wildman–Crippen MR) is 116 cm³/mol. The van der Waals surface area contributed by atoms with Crippen molar-refractivity contribution in [2.75, 3.05) is 20.1 Å². The molecule has 1 aliphatic rings. The largest absolute Gasteiger partial charge is 0.357 e. The van der Waals surface area contributed by atoms with Gasteiger partial charge in [-0.3, -0.25) is 24.1 Å². The monoisotopic (exact) mass is 421 g/mol. The molecule has 3 rings (SSSR count). The molecule has 2 aromatic rings. The molecule has 1 atom stereocenters. The van der Waals surface area contributed by atoms with Gasteiger partial charge in [0.1, 0.15) is 6.04 Å². The summed E-state index contributed by atoms with van der Waals surface area (Å²) in [4.78, 5) is 52.8. The smallest absolute Gasteiger partial charge is 0.261 e. The minimum atomic E-state index is -0.611. The zero-order valence-electron chi connectivity index (χ0n) is 17.8. The maximum Gasteiger partial charge on any atom is 0.261 e.